The summed E-state index contributed by atoms with van der Waals surface area (Å²) in [4.78, 5) is 0. The molecule has 0 fully saturated rings. The second kappa shape index (κ2) is 6.51. The van der Waals surface area contributed by atoms with Gasteiger partial charge in [-0.1, -0.05) is 42.5 Å². The number of hydrogen-bond donors (Lipinski definition) is 0. The van der Waals surface area contributed by atoms with E-state index in [0.29, 0.717) is 0 Å². The summed E-state index contributed by atoms with van der Waals surface area (Å²) < 4.78 is 0. The summed E-state index contributed by atoms with van der Waals surface area (Å²) in [6.45, 7) is 0. The van der Waals surface area contributed by atoms with Gasteiger partial charge in [0.25, 0.3) is 0 Å². The summed E-state index contributed by atoms with van der Waals surface area (Å²) in [7, 11) is 0. The summed E-state index contributed by atoms with van der Waals surface area (Å²) in [5, 5.41) is 8.49. The molecule has 0 saturated carbocycles. The van der Waals surface area contributed by atoms with E-state index in [1.54, 1.807) is 22.7 Å². The van der Waals surface area contributed by atoms with Crippen LogP contribution in [-0.2, 0) is 0 Å². The SMILES string of the molecule is C(=C\c1cccc(/C=C/c2ccsc2)c1)/c1ccsc1. The Balaban J connectivity index is 1.76. The highest BCUT2D eigenvalue weighted by Gasteiger charge is 1.92. The van der Waals surface area contributed by atoms with Crippen molar-refractivity contribution in [1.29, 1.82) is 0 Å². The molecular formula is C18H14S2. The monoisotopic (exact) mass is 294 g/mol. The Morgan fingerprint density at radius 3 is 1.55 bits per heavy atom. The average Bonchev–Trinajstić information content (AvgIpc) is 3.17. The summed E-state index contributed by atoms with van der Waals surface area (Å²) >= 11 is 3.45. The van der Waals surface area contributed by atoms with E-state index >= 15 is 0 Å². The molecule has 0 aliphatic heterocycles. The van der Waals surface area contributed by atoms with Crippen LogP contribution in [-0.4, -0.2) is 0 Å². The second-order valence-electron chi connectivity index (χ2n) is 4.45. The number of hydrogen-bond acceptors (Lipinski definition) is 2. The van der Waals surface area contributed by atoms with Crippen molar-refractivity contribution in [3.8, 4) is 0 Å². The Morgan fingerprint density at radius 1 is 0.600 bits per heavy atom. The van der Waals surface area contributed by atoms with Crippen LogP contribution in [0.5, 0.6) is 0 Å². The lowest BCUT2D eigenvalue weighted by Gasteiger charge is -1.96. The lowest BCUT2D eigenvalue weighted by Crippen LogP contribution is -1.75. The average molecular weight is 294 g/mol. The van der Waals surface area contributed by atoms with Crippen LogP contribution in [0.3, 0.4) is 0 Å². The topological polar surface area (TPSA) is 0 Å². The van der Waals surface area contributed by atoms with Gasteiger partial charge in [-0.3, -0.25) is 0 Å². The van der Waals surface area contributed by atoms with Crippen molar-refractivity contribution < 1.29 is 0 Å². The van der Waals surface area contributed by atoms with Crippen LogP contribution in [0.4, 0.5) is 0 Å². The Bertz CT molecular complexity index is 642. The van der Waals surface area contributed by atoms with E-state index in [-0.39, 0.29) is 0 Å². The standard InChI is InChI=1S/C18H14S2/c1-2-15(4-6-17-8-10-19-13-17)12-16(3-1)5-7-18-9-11-20-14-18/h1-14H/b6-4+,7-5+. The van der Waals surface area contributed by atoms with Crippen LogP contribution < -0.4 is 0 Å². The van der Waals surface area contributed by atoms with E-state index in [4.69, 9.17) is 0 Å². The first-order chi connectivity index (χ1) is 9.90. The van der Waals surface area contributed by atoms with Crippen LogP contribution in [0.25, 0.3) is 24.3 Å². The second-order valence-corrected chi connectivity index (χ2v) is 6.01. The Morgan fingerprint density at radius 2 is 1.10 bits per heavy atom. The van der Waals surface area contributed by atoms with E-state index in [9.17, 15) is 0 Å². The fourth-order valence-electron chi connectivity index (χ4n) is 1.89. The fourth-order valence-corrected chi connectivity index (χ4v) is 3.15. The minimum Gasteiger partial charge on any atom is -0.152 e. The molecule has 0 amide bonds. The van der Waals surface area contributed by atoms with Gasteiger partial charge in [-0.25, -0.2) is 0 Å². The number of thiophene rings is 2. The molecule has 98 valence electrons. The molecule has 0 spiro atoms. The van der Waals surface area contributed by atoms with Crippen LogP contribution >= 0.6 is 22.7 Å². The van der Waals surface area contributed by atoms with Crippen LogP contribution in [0.15, 0.2) is 57.9 Å². The van der Waals surface area contributed by atoms with Gasteiger partial charge >= 0.3 is 0 Å². The molecule has 0 unspecified atom stereocenters. The first-order valence-electron chi connectivity index (χ1n) is 6.41. The maximum absolute atomic E-state index is 2.20. The van der Waals surface area contributed by atoms with Gasteiger partial charge < -0.3 is 0 Å². The van der Waals surface area contributed by atoms with Crippen molar-refractivity contribution in [2.45, 2.75) is 0 Å². The Kier molecular flexibility index (Phi) is 4.26. The van der Waals surface area contributed by atoms with Gasteiger partial charge in [-0.05, 0) is 62.0 Å². The quantitative estimate of drug-likeness (QED) is 0.541. The smallest absolute Gasteiger partial charge is 0.00208 e. The van der Waals surface area contributed by atoms with Gasteiger partial charge in [0.1, 0.15) is 0 Å². The van der Waals surface area contributed by atoms with Crippen molar-refractivity contribution in [1.82, 2.24) is 0 Å². The van der Waals surface area contributed by atoms with Crippen molar-refractivity contribution in [2.75, 3.05) is 0 Å². The Labute approximate surface area is 127 Å². The maximum atomic E-state index is 2.20. The van der Waals surface area contributed by atoms with Crippen molar-refractivity contribution in [2.24, 2.45) is 0 Å². The molecule has 2 heterocycles. The van der Waals surface area contributed by atoms with E-state index in [2.05, 4.69) is 82.2 Å². The fraction of sp³-hybridized carbons (Fsp3) is 0. The lowest BCUT2D eigenvalue weighted by molar-refractivity contribution is 1.62. The van der Waals surface area contributed by atoms with Gasteiger partial charge in [0.15, 0.2) is 0 Å². The third-order valence-electron chi connectivity index (χ3n) is 2.93. The van der Waals surface area contributed by atoms with Crippen molar-refractivity contribution in [3.63, 3.8) is 0 Å². The van der Waals surface area contributed by atoms with Gasteiger partial charge in [0.2, 0.25) is 0 Å². The minimum absolute atomic E-state index is 1.23. The molecule has 2 heteroatoms. The maximum Gasteiger partial charge on any atom is -0.00208 e. The molecule has 0 aliphatic carbocycles. The first-order valence-corrected chi connectivity index (χ1v) is 8.29. The highest BCUT2D eigenvalue weighted by Crippen LogP contribution is 2.15. The third-order valence-corrected chi connectivity index (χ3v) is 4.34. The molecule has 3 rings (SSSR count). The molecular weight excluding hydrogens is 280 g/mol. The van der Waals surface area contributed by atoms with Crippen LogP contribution in [0.2, 0.25) is 0 Å². The molecule has 0 nitrogen and oxygen atoms in total. The van der Waals surface area contributed by atoms with E-state index in [1.807, 2.05) is 0 Å². The zero-order valence-corrected chi connectivity index (χ0v) is 12.5. The number of benzene rings is 1. The molecule has 0 radical (unpaired) electrons. The molecule has 3 aromatic rings. The van der Waals surface area contributed by atoms with Gasteiger partial charge in [0, 0.05) is 0 Å². The normalized spacial score (nSPS) is 11.6. The van der Waals surface area contributed by atoms with E-state index in [0.717, 1.165) is 0 Å². The molecule has 0 atom stereocenters. The van der Waals surface area contributed by atoms with Crippen LogP contribution in [0, 0.1) is 0 Å². The van der Waals surface area contributed by atoms with Gasteiger partial charge in [-0.2, -0.15) is 22.7 Å². The first kappa shape index (κ1) is 13.1. The zero-order valence-electron chi connectivity index (χ0n) is 10.9. The molecule has 20 heavy (non-hydrogen) atoms. The zero-order chi connectivity index (χ0) is 13.6. The van der Waals surface area contributed by atoms with Crippen LogP contribution in [0.1, 0.15) is 22.3 Å². The third kappa shape index (κ3) is 3.56. The number of rotatable bonds is 4. The molecule has 2 aromatic heterocycles. The summed E-state index contributed by atoms with van der Waals surface area (Å²) in [5.41, 5.74) is 4.97. The summed E-state index contributed by atoms with van der Waals surface area (Å²) in [6, 6.07) is 12.8. The van der Waals surface area contributed by atoms with Crippen molar-refractivity contribution in [3.05, 3.63) is 80.2 Å². The highest BCUT2D eigenvalue weighted by molar-refractivity contribution is 7.08. The molecule has 0 aliphatic rings. The van der Waals surface area contributed by atoms with Gasteiger partial charge in [-0.15, -0.1) is 0 Å². The van der Waals surface area contributed by atoms with E-state index < -0.39 is 0 Å². The molecule has 0 saturated heterocycles. The summed E-state index contributed by atoms with van der Waals surface area (Å²) in [6.07, 6.45) is 8.62. The highest BCUT2D eigenvalue weighted by atomic mass is 32.1. The lowest BCUT2D eigenvalue weighted by atomic mass is 10.1. The predicted molar refractivity (Wildman–Crippen MR) is 92.9 cm³/mol. The van der Waals surface area contributed by atoms with Gasteiger partial charge in [0.05, 0.1) is 0 Å². The molecule has 1 aromatic carbocycles. The largest absolute Gasteiger partial charge is 0.152 e. The predicted octanol–water partition coefficient (Wildman–Crippen LogP) is 6.15. The molecule has 0 N–H and O–H groups in total. The van der Waals surface area contributed by atoms with Crippen molar-refractivity contribution >= 4 is 47.0 Å². The van der Waals surface area contributed by atoms with E-state index in [1.165, 1.54) is 22.3 Å². The molecule has 0 bridgehead atoms. The summed E-state index contributed by atoms with van der Waals surface area (Å²) in [5.74, 6) is 0. The minimum atomic E-state index is 1.23. The Hall–Kier alpha value is -1.90.